The summed E-state index contributed by atoms with van der Waals surface area (Å²) in [6.45, 7) is 6.35. The van der Waals surface area contributed by atoms with Crippen molar-refractivity contribution in [2.24, 2.45) is 0 Å². The minimum absolute atomic E-state index is 0.0466. The number of amides is 2. The van der Waals surface area contributed by atoms with Gasteiger partial charge in [-0.1, -0.05) is 13.0 Å². The fraction of sp³-hybridized carbons (Fsp3) is 0.625. The zero-order chi connectivity index (χ0) is 15.9. The van der Waals surface area contributed by atoms with Gasteiger partial charge in [-0.3, -0.25) is 0 Å². The third kappa shape index (κ3) is 4.34. The Hall–Kier alpha value is -1.82. The van der Waals surface area contributed by atoms with Gasteiger partial charge < -0.3 is 20.6 Å². The zero-order valence-electron chi connectivity index (χ0n) is 13.4. The van der Waals surface area contributed by atoms with Gasteiger partial charge in [0.1, 0.15) is 5.82 Å². The molecule has 1 atom stereocenters. The molecule has 0 saturated carbocycles. The van der Waals surface area contributed by atoms with Crippen LogP contribution in [0.2, 0.25) is 0 Å². The molecule has 0 radical (unpaired) electrons. The van der Waals surface area contributed by atoms with Gasteiger partial charge in [-0.25, -0.2) is 9.78 Å². The monoisotopic (exact) mass is 306 g/mol. The minimum Gasteiger partial charge on any atom is -0.394 e. The molecule has 0 aliphatic carbocycles. The summed E-state index contributed by atoms with van der Waals surface area (Å²) in [4.78, 5) is 18.8. The van der Waals surface area contributed by atoms with Crippen molar-refractivity contribution in [2.75, 3.05) is 24.6 Å². The van der Waals surface area contributed by atoms with Gasteiger partial charge in [0.15, 0.2) is 0 Å². The molecule has 6 heteroatoms. The van der Waals surface area contributed by atoms with E-state index in [1.807, 2.05) is 26.0 Å². The van der Waals surface area contributed by atoms with Crippen LogP contribution < -0.4 is 15.5 Å². The lowest BCUT2D eigenvalue weighted by molar-refractivity contribution is 0.214. The standard InChI is InChI=1S/C16H26N4O2/c1-3-14(11-21)19-16(22)17-10-13-7-6-12(2)18-15(13)20-8-4-5-9-20/h6-7,14,21H,3-5,8-11H2,1-2H3,(H2,17,19,22)/t14-/m1/s1. The predicted molar refractivity (Wildman–Crippen MR) is 87.0 cm³/mol. The molecule has 6 nitrogen and oxygen atoms in total. The average molecular weight is 306 g/mol. The molecular formula is C16H26N4O2. The van der Waals surface area contributed by atoms with Gasteiger partial charge in [0, 0.05) is 30.9 Å². The van der Waals surface area contributed by atoms with Crippen molar-refractivity contribution in [3.8, 4) is 0 Å². The van der Waals surface area contributed by atoms with Crippen molar-refractivity contribution in [2.45, 2.75) is 45.7 Å². The molecule has 0 unspecified atom stereocenters. The number of carbonyl (C=O) groups is 1. The maximum absolute atomic E-state index is 11.9. The van der Waals surface area contributed by atoms with Gasteiger partial charge in [0.25, 0.3) is 0 Å². The highest BCUT2D eigenvalue weighted by Gasteiger charge is 2.18. The Bertz CT molecular complexity index is 497. The lowest BCUT2D eigenvalue weighted by Gasteiger charge is -2.21. The molecule has 1 aromatic heterocycles. The zero-order valence-corrected chi connectivity index (χ0v) is 13.4. The summed E-state index contributed by atoms with van der Waals surface area (Å²) in [5, 5.41) is 14.7. The Morgan fingerprint density at radius 2 is 2.14 bits per heavy atom. The van der Waals surface area contributed by atoms with Crippen LogP contribution in [-0.2, 0) is 6.54 Å². The van der Waals surface area contributed by atoms with Gasteiger partial charge in [-0.05, 0) is 32.3 Å². The Kier molecular flexibility index (Phi) is 6.00. The van der Waals surface area contributed by atoms with E-state index < -0.39 is 0 Å². The second kappa shape index (κ2) is 7.98. The normalized spacial score (nSPS) is 15.7. The topological polar surface area (TPSA) is 77.5 Å². The molecule has 1 aromatic rings. The van der Waals surface area contributed by atoms with Crippen LogP contribution in [-0.4, -0.2) is 41.9 Å². The smallest absolute Gasteiger partial charge is 0.315 e. The fourth-order valence-corrected chi connectivity index (χ4v) is 2.60. The number of aromatic nitrogens is 1. The maximum Gasteiger partial charge on any atom is 0.315 e. The number of aliphatic hydroxyl groups is 1. The molecule has 0 bridgehead atoms. The van der Waals surface area contributed by atoms with E-state index in [-0.39, 0.29) is 18.7 Å². The van der Waals surface area contributed by atoms with Gasteiger partial charge in [0.05, 0.1) is 12.6 Å². The van der Waals surface area contributed by atoms with Crippen molar-refractivity contribution < 1.29 is 9.90 Å². The number of urea groups is 1. The number of hydrogen-bond donors (Lipinski definition) is 3. The Labute approximate surface area is 131 Å². The number of pyridine rings is 1. The average Bonchev–Trinajstić information content (AvgIpc) is 3.05. The van der Waals surface area contributed by atoms with Crippen molar-refractivity contribution in [1.29, 1.82) is 0 Å². The molecule has 1 saturated heterocycles. The first-order valence-electron chi connectivity index (χ1n) is 8.00. The third-order valence-corrected chi connectivity index (χ3v) is 3.99. The molecule has 0 spiro atoms. The van der Waals surface area contributed by atoms with E-state index in [1.165, 1.54) is 12.8 Å². The van der Waals surface area contributed by atoms with Crippen LogP contribution >= 0.6 is 0 Å². The van der Waals surface area contributed by atoms with Crippen LogP contribution in [0.5, 0.6) is 0 Å². The number of aliphatic hydroxyl groups excluding tert-OH is 1. The summed E-state index contributed by atoms with van der Waals surface area (Å²) in [5.74, 6) is 0.979. The molecule has 1 aliphatic rings. The first kappa shape index (κ1) is 16.5. The second-order valence-corrected chi connectivity index (χ2v) is 5.74. The van der Waals surface area contributed by atoms with E-state index in [0.717, 1.165) is 30.2 Å². The molecule has 122 valence electrons. The number of rotatable bonds is 6. The van der Waals surface area contributed by atoms with E-state index >= 15 is 0 Å². The number of anilines is 1. The number of nitrogens with one attached hydrogen (secondary N) is 2. The highest BCUT2D eigenvalue weighted by atomic mass is 16.3. The van der Waals surface area contributed by atoms with E-state index in [9.17, 15) is 4.79 Å². The van der Waals surface area contributed by atoms with Crippen molar-refractivity contribution >= 4 is 11.8 Å². The Morgan fingerprint density at radius 1 is 1.41 bits per heavy atom. The van der Waals surface area contributed by atoms with Gasteiger partial charge >= 0.3 is 6.03 Å². The van der Waals surface area contributed by atoms with Crippen molar-refractivity contribution in [1.82, 2.24) is 15.6 Å². The van der Waals surface area contributed by atoms with Crippen LogP contribution in [0.15, 0.2) is 12.1 Å². The Balaban J connectivity index is 1.98. The van der Waals surface area contributed by atoms with Gasteiger partial charge in [0.2, 0.25) is 0 Å². The van der Waals surface area contributed by atoms with Gasteiger partial charge in [-0.2, -0.15) is 0 Å². The van der Waals surface area contributed by atoms with E-state index in [1.54, 1.807) is 0 Å². The lowest BCUT2D eigenvalue weighted by Crippen LogP contribution is -2.43. The van der Waals surface area contributed by atoms with Crippen LogP contribution in [0, 0.1) is 6.92 Å². The SMILES string of the molecule is CC[C@H](CO)NC(=O)NCc1ccc(C)nc1N1CCCC1. The maximum atomic E-state index is 11.9. The number of carbonyl (C=O) groups excluding carboxylic acids is 1. The number of aryl methyl sites for hydroxylation is 1. The lowest BCUT2D eigenvalue weighted by atomic mass is 10.2. The molecule has 3 N–H and O–H groups in total. The largest absolute Gasteiger partial charge is 0.394 e. The van der Waals surface area contributed by atoms with Crippen LogP contribution in [0.3, 0.4) is 0 Å². The highest BCUT2D eigenvalue weighted by Crippen LogP contribution is 2.22. The molecule has 2 heterocycles. The molecule has 2 rings (SSSR count). The van der Waals surface area contributed by atoms with Crippen molar-refractivity contribution in [3.05, 3.63) is 23.4 Å². The fourth-order valence-electron chi connectivity index (χ4n) is 2.60. The summed E-state index contributed by atoms with van der Waals surface area (Å²) < 4.78 is 0. The Morgan fingerprint density at radius 3 is 2.77 bits per heavy atom. The molecule has 1 aliphatic heterocycles. The third-order valence-electron chi connectivity index (χ3n) is 3.99. The number of nitrogens with zero attached hydrogens (tertiary/aromatic N) is 2. The van der Waals surface area contributed by atoms with E-state index in [2.05, 4.69) is 20.5 Å². The summed E-state index contributed by atoms with van der Waals surface area (Å²) in [6, 6.07) is 3.54. The minimum atomic E-state index is -0.256. The highest BCUT2D eigenvalue weighted by molar-refractivity contribution is 5.74. The van der Waals surface area contributed by atoms with E-state index in [0.29, 0.717) is 13.0 Å². The summed E-state index contributed by atoms with van der Waals surface area (Å²) in [5.41, 5.74) is 2.01. The molecule has 0 aromatic carbocycles. The van der Waals surface area contributed by atoms with Gasteiger partial charge in [-0.15, -0.1) is 0 Å². The molecular weight excluding hydrogens is 280 g/mol. The second-order valence-electron chi connectivity index (χ2n) is 5.74. The molecule has 22 heavy (non-hydrogen) atoms. The molecule has 2 amide bonds. The summed E-state index contributed by atoms with van der Waals surface area (Å²) in [6.07, 6.45) is 3.09. The quantitative estimate of drug-likeness (QED) is 0.745. The van der Waals surface area contributed by atoms with Crippen LogP contribution in [0.4, 0.5) is 10.6 Å². The number of hydrogen-bond acceptors (Lipinski definition) is 4. The van der Waals surface area contributed by atoms with Crippen molar-refractivity contribution in [3.63, 3.8) is 0 Å². The first-order chi connectivity index (χ1) is 10.6. The van der Waals surface area contributed by atoms with Crippen LogP contribution in [0.25, 0.3) is 0 Å². The van der Waals surface area contributed by atoms with Crippen LogP contribution in [0.1, 0.15) is 37.4 Å². The summed E-state index contributed by atoms with van der Waals surface area (Å²) in [7, 11) is 0. The summed E-state index contributed by atoms with van der Waals surface area (Å²) >= 11 is 0. The predicted octanol–water partition coefficient (Wildman–Crippen LogP) is 1.56. The first-order valence-corrected chi connectivity index (χ1v) is 8.00. The molecule has 1 fully saturated rings. The van der Waals surface area contributed by atoms with E-state index in [4.69, 9.17) is 5.11 Å².